The number of anilines is 1. The zero-order chi connectivity index (χ0) is 35.3. The first-order chi connectivity index (χ1) is 24.0. The summed E-state index contributed by atoms with van der Waals surface area (Å²) in [5.41, 5.74) is 1.000. The van der Waals surface area contributed by atoms with Crippen molar-refractivity contribution in [2.24, 2.45) is 0 Å². The summed E-state index contributed by atoms with van der Waals surface area (Å²) in [5.74, 6) is 0.555. The van der Waals surface area contributed by atoms with Crippen LogP contribution in [0.4, 0.5) is 15.0 Å². The van der Waals surface area contributed by atoms with Crippen molar-refractivity contribution in [1.29, 1.82) is 0 Å². The van der Waals surface area contributed by atoms with E-state index in [-0.39, 0.29) is 73.4 Å². The molecule has 1 aromatic carbocycles. The summed E-state index contributed by atoms with van der Waals surface area (Å²) >= 11 is 6.78. The number of halogens is 2. The average molecular weight is 713 g/mol. The summed E-state index contributed by atoms with van der Waals surface area (Å²) in [6.45, 7) is 6.97. The number of nitrogens with zero attached hydrogens (tertiary/aromatic N) is 6. The third-order valence-electron chi connectivity index (χ3n) is 10.3. The number of carbonyl (C=O) groups is 1. The van der Waals surface area contributed by atoms with Crippen LogP contribution in [0, 0.1) is 5.82 Å². The van der Waals surface area contributed by atoms with Crippen molar-refractivity contribution in [3.63, 3.8) is 0 Å². The van der Waals surface area contributed by atoms with E-state index in [0.29, 0.717) is 40.6 Å². The number of piperazine rings is 1. The molecule has 0 radical (unpaired) electrons. The first-order valence-electron chi connectivity index (χ1n) is 17.5. The second kappa shape index (κ2) is 13.9. The Morgan fingerprint density at radius 1 is 1.04 bits per heavy atom. The van der Waals surface area contributed by atoms with Gasteiger partial charge in [-0.3, -0.25) is 14.8 Å². The summed E-state index contributed by atoms with van der Waals surface area (Å²) in [5, 5.41) is 10.7. The maximum absolute atomic E-state index is 17.0. The van der Waals surface area contributed by atoms with Gasteiger partial charge in [-0.15, -0.1) is 0 Å². The average Bonchev–Trinajstić information content (AvgIpc) is 3.79. The molecule has 3 aromatic rings. The van der Waals surface area contributed by atoms with Gasteiger partial charge in [0.05, 0.1) is 24.1 Å². The van der Waals surface area contributed by atoms with Gasteiger partial charge in [0.15, 0.2) is 12.6 Å². The second-order valence-corrected chi connectivity index (χ2v) is 15.3. The van der Waals surface area contributed by atoms with Crippen LogP contribution < -0.4 is 14.4 Å². The topological polar surface area (TPSA) is 123 Å². The molecule has 270 valence electrons. The number of likely N-dealkylation sites (N-methyl/N-ethyl adjacent to an activating group) is 1. The minimum Gasteiger partial charge on any atom is -0.467 e. The van der Waals surface area contributed by atoms with Crippen LogP contribution in [0.3, 0.4) is 0 Å². The molecule has 7 rings (SSSR count). The van der Waals surface area contributed by atoms with Crippen LogP contribution in [0.5, 0.6) is 11.8 Å². The lowest BCUT2D eigenvalue weighted by Crippen LogP contribution is -2.57. The van der Waals surface area contributed by atoms with E-state index in [1.165, 1.54) is 7.11 Å². The molecule has 2 bridgehead atoms. The molecule has 1 N–H and O–H groups in total. The van der Waals surface area contributed by atoms with E-state index in [0.717, 1.165) is 44.1 Å². The molecule has 1 amide bonds. The SMILES string of the molecule is COCOc1cc(Cl)c(C2CC2)c(-c2ncc3c(N4CC5CCC(C4)N5C(=O)OC(C)(C)C)nc(OC[C@@H]4CC[C@@H](CO)N4C)nc3c2F)c1. The Bertz CT molecular complexity index is 1740. The Balaban J connectivity index is 1.28. The van der Waals surface area contributed by atoms with Gasteiger partial charge in [0.2, 0.25) is 0 Å². The molecule has 1 aliphatic carbocycles. The number of carbonyl (C=O) groups excluding carboxylic acids is 1. The van der Waals surface area contributed by atoms with Gasteiger partial charge in [0.25, 0.3) is 0 Å². The predicted molar refractivity (Wildman–Crippen MR) is 186 cm³/mol. The molecule has 3 saturated heterocycles. The molecule has 2 unspecified atom stereocenters. The Kier molecular flexibility index (Phi) is 9.70. The van der Waals surface area contributed by atoms with Crippen LogP contribution in [0.1, 0.15) is 70.8 Å². The maximum atomic E-state index is 17.0. The van der Waals surface area contributed by atoms with Gasteiger partial charge in [-0.05, 0) is 90.0 Å². The fourth-order valence-corrected chi connectivity index (χ4v) is 8.04. The maximum Gasteiger partial charge on any atom is 0.410 e. The Morgan fingerprint density at radius 2 is 1.76 bits per heavy atom. The zero-order valence-corrected chi connectivity index (χ0v) is 30.1. The molecular weight excluding hydrogens is 667 g/mol. The predicted octanol–water partition coefficient (Wildman–Crippen LogP) is 5.77. The molecule has 3 aliphatic heterocycles. The summed E-state index contributed by atoms with van der Waals surface area (Å²) < 4.78 is 39.8. The number of aromatic nitrogens is 3. The van der Waals surface area contributed by atoms with Gasteiger partial charge in [0.1, 0.15) is 35.0 Å². The fourth-order valence-electron chi connectivity index (χ4n) is 7.67. The van der Waals surface area contributed by atoms with Crippen molar-refractivity contribution >= 4 is 34.4 Å². The monoisotopic (exact) mass is 712 g/mol. The summed E-state index contributed by atoms with van der Waals surface area (Å²) in [6, 6.07) is 3.50. The van der Waals surface area contributed by atoms with Crippen molar-refractivity contribution in [2.45, 2.75) is 95.0 Å². The number of aliphatic hydroxyl groups excluding tert-OH is 1. The van der Waals surface area contributed by atoms with E-state index < -0.39 is 11.4 Å². The van der Waals surface area contributed by atoms with Crippen LogP contribution >= 0.6 is 11.6 Å². The van der Waals surface area contributed by atoms with Gasteiger partial charge in [-0.2, -0.15) is 9.97 Å². The smallest absolute Gasteiger partial charge is 0.410 e. The van der Waals surface area contributed by atoms with E-state index in [9.17, 15) is 9.90 Å². The quantitative estimate of drug-likeness (QED) is 0.258. The summed E-state index contributed by atoms with van der Waals surface area (Å²) in [7, 11) is 3.50. The van der Waals surface area contributed by atoms with E-state index in [1.807, 2.05) is 32.7 Å². The van der Waals surface area contributed by atoms with Gasteiger partial charge < -0.3 is 29.0 Å². The highest BCUT2D eigenvalue weighted by molar-refractivity contribution is 6.32. The lowest BCUT2D eigenvalue weighted by atomic mass is 9.98. The molecule has 1 saturated carbocycles. The summed E-state index contributed by atoms with van der Waals surface area (Å²) in [4.78, 5) is 33.5. The molecule has 4 aliphatic rings. The lowest BCUT2D eigenvalue weighted by molar-refractivity contribution is 0.0122. The number of amides is 1. The number of benzene rings is 1. The number of pyridine rings is 1. The first-order valence-corrected chi connectivity index (χ1v) is 17.9. The molecule has 4 atom stereocenters. The fraction of sp³-hybridized carbons (Fsp3) is 0.611. The Hall–Kier alpha value is -3.52. The number of ether oxygens (including phenoxy) is 4. The number of hydrogen-bond acceptors (Lipinski definition) is 11. The van der Waals surface area contributed by atoms with Crippen LogP contribution in [0.25, 0.3) is 22.2 Å². The van der Waals surface area contributed by atoms with E-state index >= 15 is 4.39 Å². The Labute approximate surface area is 296 Å². The molecule has 0 spiro atoms. The number of aliphatic hydroxyl groups is 1. The van der Waals surface area contributed by atoms with Crippen LogP contribution in [-0.2, 0) is 9.47 Å². The zero-order valence-electron chi connectivity index (χ0n) is 29.3. The van der Waals surface area contributed by atoms with Crippen molar-refractivity contribution < 1.29 is 33.2 Å². The van der Waals surface area contributed by atoms with Crippen molar-refractivity contribution in [1.82, 2.24) is 24.8 Å². The van der Waals surface area contributed by atoms with Crippen molar-refractivity contribution in [2.75, 3.05) is 52.2 Å². The van der Waals surface area contributed by atoms with Gasteiger partial charge >= 0.3 is 12.1 Å². The van der Waals surface area contributed by atoms with Crippen molar-refractivity contribution in [3.05, 3.63) is 34.7 Å². The van der Waals surface area contributed by atoms with Gasteiger partial charge in [-0.1, -0.05) is 11.6 Å². The van der Waals surface area contributed by atoms with E-state index in [1.54, 1.807) is 18.3 Å². The molecule has 50 heavy (non-hydrogen) atoms. The highest BCUT2D eigenvalue weighted by Crippen LogP contribution is 2.49. The van der Waals surface area contributed by atoms with Crippen molar-refractivity contribution in [3.8, 4) is 23.0 Å². The van der Waals surface area contributed by atoms with Crippen LogP contribution in [0.15, 0.2) is 18.3 Å². The van der Waals surface area contributed by atoms with Crippen LogP contribution in [0.2, 0.25) is 5.02 Å². The molecular formula is C36H46ClFN6O6. The van der Waals surface area contributed by atoms with Crippen LogP contribution in [-0.4, -0.2) is 113 Å². The number of fused-ring (bicyclic) bond motifs is 3. The summed E-state index contributed by atoms with van der Waals surface area (Å²) in [6.07, 6.45) is 6.58. The second-order valence-electron chi connectivity index (χ2n) is 14.9. The largest absolute Gasteiger partial charge is 0.467 e. The third-order valence-corrected chi connectivity index (χ3v) is 10.6. The molecule has 14 heteroatoms. The molecule has 4 fully saturated rings. The van der Waals surface area contributed by atoms with E-state index in [4.69, 9.17) is 35.5 Å². The highest BCUT2D eigenvalue weighted by atomic mass is 35.5. The molecule has 5 heterocycles. The standard InChI is InChI=1S/C36H46ClFN6O6/c1-36(2,3)50-35(46)44-21-8-9-22(44)16-43(15-21)33-27-14-39-31(26-12-25(49-19-47-5)13-28(37)29(26)20-6-7-20)30(38)32(27)40-34(41-33)48-18-24-11-10-23(17-45)42(24)4/h12-14,20-24,45H,6-11,15-19H2,1-5H3/t21?,22?,23-,24-/m0/s1. The number of rotatable bonds is 10. The number of likely N-dealkylation sites (tertiary alicyclic amines) is 1. The van der Waals surface area contributed by atoms with Gasteiger partial charge in [0, 0.05) is 49.1 Å². The number of hydrogen-bond donors (Lipinski definition) is 1. The molecule has 2 aromatic heterocycles. The minimum atomic E-state index is -0.605. The highest BCUT2D eigenvalue weighted by Gasteiger charge is 2.45. The number of methoxy groups -OCH3 is 1. The lowest BCUT2D eigenvalue weighted by Gasteiger charge is -2.42. The van der Waals surface area contributed by atoms with E-state index in [2.05, 4.69) is 19.8 Å². The molecule has 12 nitrogen and oxygen atoms in total. The Morgan fingerprint density at radius 3 is 2.40 bits per heavy atom. The minimum absolute atomic E-state index is 0.0157. The first kappa shape index (κ1) is 34.9. The third kappa shape index (κ3) is 6.89. The normalized spacial score (nSPS) is 23.9. The van der Waals surface area contributed by atoms with Gasteiger partial charge in [-0.25, -0.2) is 9.18 Å².